The molecule has 0 unspecified atom stereocenters. The zero-order valence-corrected chi connectivity index (χ0v) is 17.0. The molecule has 0 rings (SSSR count). The van der Waals surface area contributed by atoms with Gasteiger partial charge in [-0.1, -0.05) is 7.43 Å². The maximum atomic E-state index is 11.3. The molecule has 0 aliphatic rings. The minimum Gasteiger partial charge on any atom is -0.457 e. The second-order valence-corrected chi connectivity index (χ2v) is 8.07. The lowest BCUT2D eigenvalue weighted by molar-refractivity contribution is -0.144. The van der Waals surface area contributed by atoms with Crippen LogP contribution in [0.5, 0.6) is 0 Å². The SMILES string of the molecule is C.C=C(OS(C)(=O)=O)C(=O)OCCOCCOCCOC(=O)C(=C)OS(C)(=O)=O. The summed E-state index contributed by atoms with van der Waals surface area (Å²) >= 11 is 0. The smallest absolute Gasteiger partial charge is 0.374 e. The summed E-state index contributed by atoms with van der Waals surface area (Å²) in [4.78, 5) is 22.7. The Morgan fingerprint density at radius 1 is 0.655 bits per heavy atom. The average molecular weight is 462 g/mol. The Bertz CT molecular complexity index is 701. The summed E-state index contributed by atoms with van der Waals surface area (Å²) in [6, 6.07) is 0. The molecule has 0 N–H and O–H groups in total. The molecule has 0 fully saturated rings. The third-order valence-electron chi connectivity index (χ3n) is 2.25. The van der Waals surface area contributed by atoms with E-state index in [0.717, 1.165) is 12.5 Å². The van der Waals surface area contributed by atoms with E-state index in [1.807, 2.05) is 0 Å². The second kappa shape index (κ2) is 13.9. The largest absolute Gasteiger partial charge is 0.457 e. The molecule has 0 saturated carbocycles. The Morgan fingerprint density at radius 3 is 1.21 bits per heavy atom. The third kappa shape index (κ3) is 17.7. The van der Waals surface area contributed by atoms with Gasteiger partial charge in [-0.15, -0.1) is 0 Å². The summed E-state index contributed by atoms with van der Waals surface area (Å²) in [6.45, 7) is 6.22. The van der Waals surface area contributed by atoms with Crippen LogP contribution in [-0.4, -0.2) is 80.9 Å². The summed E-state index contributed by atoms with van der Waals surface area (Å²) < 4.78 is 71.2. The Balaban J connectivity index is 0. The number of ether oxygens (including phenoxy) is 4. The molecule has 170 valence electrons. The second-order valence-electron chi connectivity index (χ2n) is 4.92. The monoisotopic (exact) mass is 462 g/mol. The van der Waals surface area contributed by atoms with Crippen molar-refractivity contribution in [3.05, 3.63) is 24.7 Å². The fourth-order valence-electron chi connectivity index (χ4n) is 1.30. The van der Waals surface area contributed by atoms with Gasteiger partial charge >= 0.3 is 32.2 Å². The van der Waals surface area contributed by atoms with E-state index < -0.39 is 43.7 Å². The lowest BCUT2D eigenvalue weighted by Crippen LogP contribution is -2.18. The number of hydrogen-bond donors (Lipinski definition) is 0. The summed E-state index contributed by atoms with van der Waals surface area (Å²) in [5.41, 5.74) is 0. The van der Waals surface area contributed by atoms with E-state index in [2.05, 4.69) is 31.0 Å². The molecule has 0 heterocycles. The number of hydrogen-bond acceptors (Lipinski definition) is 12. The summed E-state index contributed by atoms with van der Waals surface area (Å²) in [7, 11) is -7.71. The van der Waals surface area contributed by atoms with Gasteiger partial charge < -0.3 is 27.3 Å². The highest BCUT2D eigenvalue weighted by Crippen LogP contribution is 2.03. The van der Waals surface area contributed by atoms with Crippen molar-refractivity contribution < 1.29 is 53.7 Å². The van der Waals surface area contributed by atoms with Crippen molar-refractivity contribution in [2.45, 2.75) is 7.43 Å². The minimum absolute atomic E-state index is 0. The zero-order chi connectivity index (χ0) is 21.8. The Kier molecular flexibility index (Phi) is 13.9. The van der Waals surface area contributed by atoms with Crippen LogP contribution in [0.1, 0.15) is 7.43 Å². The molecular weight excluding hydrogens is 436 g/mol. The molecular formula is C15H26O12S2. The Hall–Kier alpha value is -2.16. The first kappa shape index (κ1) is 29.0. The van der Waals surface area contributed by atoms with E-state index in [0.29, 0.717) is 0 Å². The summed E-state index contributed by atoms with van der Waals surface area (Å²) in [5.74, 6) is -3.39. The molecule has 0 atom stereocenters. The van der Waals surface area contributed by atoms with E-state index in [1.165, 1.54) is 0 Å². The lowest BCUT2D eigenvalue weighted by atomic mass is 10.6. The van der Waals surface area contributed by atoms with E-state index in [9.17, 15) is 26.4 Å². The van der Waals surface area contributed by atoms with Crippen LogP contribution in [0.2, 0.25) is 0 Å². The lowest BCUT2D eigenvalue weighted by Gasteiger charge is -2.09. The molecule has 0 amide bonds. The Morgan fingerprint density at radius 2 is 0.931 bits per heavy atom. The van der Waals surface area contributed by atoms with Gasteiger partial charge in [0.1, 0.15) is 13.2 Å². The van der Waals surface area contributed by atoms with Crippen LogP contribution in [0, 0.1) is 0 Å². The molecule has 0 spiro atoms. The van der Waals surface area contributed by atoms with Gasteiger partial charge in [0, 0.05) is 0 Å². The highest BCUT2D eigenvalue weighted by Gasteiger charge is 2.16. The average Bonchev–Trinajstić information content (AvgIpc) is 2.52. The molecule has 0 saturated heterocycles. The minimum atomic E-state index is -3.86. The summed E-state index contributed by atoms with van der Waals surface area (Å²) in [5, 5.41) is 0. The zero-order valence-electron chi connectivity index (χ0n) is 15.4. The fraction of sp³-hybridized carbons (Fsp3) is 0.600. The highest BCUT2D eigenvalue weighted by atomic mass is 32.2. The van der Waals surface area contributed by atoms with Crippen LogP contribution in [0.15, 0.2) is 24.7 Å². The summed E-state index contributed by atoms with van der Waals surface area (Å²) in [6.07, 6.45) is 1.52. The number of carbonyl (C=O) groups excluding carboxylic acids is 2. The van der Waals surface area contributed by atoms with Gasteiger partial charge in [-0.05, 0) is 13.2 Å². The molecule has 0 aliphatic carbocycles. The van der Waals surface area contributed by atoms with E-state index in [1.54, 1.807) is 0 Å². The molecule has 0 aromatic heterocycles. The van der Waals surface area contributed by atoms with Gasteiger partial charge in [-0.25, -0.2) is 9.59 Å². The standard InChI is InChI=1S/C14H22O12S2.CH4/c1-11(25-27(3,17)18)13(15)23-9-7-21-5-6-22-8-10-24-14(16)12(2)26-28(4,19)20;/h1-2,5-10H2,3-4H3;1H4. The molecule has 0 aliphatic heterocycles. The van der Waals surface area contributed by atoms with Crippen molar-refractivity contribution in [3.63, 3.8) is 0 Å². The highest BCUT2D eigenvalue weighted by molar-refractivity contribution is 7.86. The first-order chi connectivity index (χ1) is 12.8. The van der Waals surface area contributed by atoms with Gasteiger partial charge in [0.05, 0.1) is 38.9 Å². The van der Waals surface area contributed by atoms with Gasteiger partial charge in [0.25, 0.3) is 0 Å². The van der Waals surface area contributed by atoms with Gasteiger partial charge in [-0.3, -0.25) is 0 Å². The van der Waals surface area contributed by atoms with Crippen molar-refractivity contribution in [1.82, 2.24) is 0 Å². The van der Waals surface area contributed by atoms with E-state index in [4.69, 9.17) is 9.47 Å². The number of rotatable bonds is 15. The van der Waals surface area contributed by atoms with Crippen molar-refractivity contribution in [2.24, 2.45) is 0 Å². The third-order valence-corrected chi connectivity index (χ3v) is 3.26. The maximum Gasteiger partial charge on any atom is 0.374 e. The number of esters is 2. The first-order valence-corrected chi connectivity index (χ1v) is 11.1. The van der Waals surface area contributed by atoms with Crippen LogP contribution in [0.4, 0.5) is 0 Å². The van der Waals surface area contributed by atoms with Crippen LogP contribution >= 0.6 is 0 Å². The molecule has 14 heteroatoms. The Labute approximate surface area is 170 Å². The van der Waals surface area contributed by atoms with Crippen molar-refractivity contribution in [3.8, 4) is 0 Å². The van der Waals surface area contributed by atoms with Crippen molar-refractivity contribution >= 4 is 32.2 Å². The van der Waals surface area contributed by atoms with Crippen molar-refractivity contribution in [1.29, 1.82) is 0 Å². The predicted molar refractivity (Wildman–Crippen MR) is 100 cm³/mol. The van der Waals surface area contributed by atoms with Gasteiger partial charge in [0.15, 0.2) is 0 Å². The van der Waals surface area contributed by atoms with Gasteiger partial charge in [-0.2, -0.15) is 16.8 Å². The van der Waals surface area contributed by atoms with E-state index in [-0.39, 0.29) is 47.1 Å². The predicted octanol–water partition coefficient (Wildman–Crippen LogP) is -0.278. The van der Waals surface area contributed by atoms with Crippen LogP contribution in [0.25, 0.3) is 0 Å². The first-order valence-electron chi connectivity index (χ1n) is 7.48. The van der Waals surface area contributed by atoms with Gasteiger partial charge in [0.2, 0.25) is 11.5 Å². The van der Waals surface area contributed by atoms with Crippen LogP contribution < -0.4 is 0 Å². The molecule has 12 nitrogen and oxygen atoms in total. The topological polar surface area (TPSA) is 158 Å². The fourth-order valence-corrected chi connectivity index (χ4v) is 2.17. The van der Waals surface area contributed by atoms with Crippen LogP contribution in [-0.2, 0) is 57.1 Å². The normalized spacial score (nSPS) is 11.0. The van der Waals surface area contributed by atoms with Crippen LogP contribution in [0.3, 0.4) is 0 Å². The molecule has 0 aromatic rings. The maximum absolute atomic E-state index is 11.3. The quantitative estimate of drug-likeness (QED) is 0.103. The molecule has 0 bridgehead atoms. The molecule has 0 aromatic carbocycles. The van der Waals surface area contributed by atoms with Crippen molar-refractivity contribution in [2.75, 3.05) is 52.2 Å². The number of carbonyl (C=O) groups is 2. The van der Waals surface area contributed by atoms with E-state index >= 15 is 0 Å². The molecule has 0 radical (unpaired) electrons. The molecule has 29 heavy (non-hydrogen) atoms.